The van der Waals surface area contributed by atoms with E-state index in [2.05, 4.69) is 4.98 Å². The zero-order chi connectivity index (χ0) is 16.3. The van der Waals surface area contributed by atoms with Crippen molar-refractivity contribution in [2.45, 2.75) is 23.5 Å². The highest BCUT2D eigenvalue weighted by molar-refractivity contribution is 8.01. The fraction of sp³-hybridized carbons (Fsp3) is 0.188. The van der Waals surface area contributed by atoms with Crippen molar-refractivity contribution in [1.29, 1.82) is 0 Å². The highest BCUT2D eigenvalue weighted by atomic mass is 32.2. The number of nitrogens with zero attached hydrogens (tertiary/aromatic N) is 1. The fourth-order valence-corrected chi connectivity index (χ4v) is 2.87. The molecule has 0 radical (unpaired) electrons. The van der Waals surface area contributed by atoms with Gasteiger partial charge in [-0.25, -0.2) is 0 Å². The molecule has 0 fully saturated rings. The van der Waals surface area contributed by atoms with Crippen molar-refractivity contribution >= 4 is 23.6 Å². The van der Waals surface area contributed by atoms with Crippen LogP contribution in [0.4, 0.5) is 0 Å². The number of benzene rings is 1. The number of hydrogen-bond acceptors (Lipinski definition) is 4. The van der Waals surface area contributed by atoms with E-state index in [4.69, 9.17) is 5.73 Å². The standard InChI is InChI=1S/C16H16N2O3S/c1-16(2,15(20)21)22-13-7-8-18-9-12(13)10-3-5-11(6-4-10)14(17)19/h3-9H,1-2H3,(H2,17,19)(H,20,21). The third kappa shape index (κ3) is 3.46. The lowest BCUT2D eigenvalue weighted by molar-refractivity contribution is -0.138. The number of hydrogen-bond donors (Lipinski definition) is 2. The van der Waals surface area contributed by atoms with Crippen molar-refractivity contribution in [2.75, 3.05) is 0 Å². The molecule has 0 aliphatic heterocycles. The van der Waals surface area contributed by atoms with Gasteiger partial charge in [0.15, 0.2) is 0 Å². The zero-order valence-electron chi connectivity index (χ0n) is 12.2. The van der Waals surface area contributed by atoms with Gasteiger partial charge >= 0.3 is 5.97 Å². The molecular formula is C16H16N2O3S. The van der Waals surface area contributed by atoms with E-state index in [0.29, 0.717) is 5.56 Å². The Kier molecular flexibility index (Phi) is 4.51. The van der Waals surface area contributed by atoms with E-state index >= 15 is 0 Å². The third-order valence-electron chi connectivity index (χ3n) is 3.14. The molecule has 0 saturated carbocycles. The Bertz CT molecular complexity index is 712. The van der Waals surface area contributed by atoms with E-state index in [0.717, 1.165) is 16.0 Å². The molecule has 6 heteroatoms. The van der Waals surface area contributed by atoms with Gasteiger partial charge in [-0.05, 0) is 37.6 Å². The third-order valence-corrected chi connectivity index (χ3v) is 4.40. The maximum atomic E-state index is 11.3. The number of carboxylic acids is 1. The molecule has 2 aromatic rings. The summed E-state index contributed by atoms with van der Waals surface area (Å²) in [6.45, 7) is 3.31. The lowest BCUT2D eigenvalue weighted by Gasteiger charge is -2.20. The van der Waals surface area contributed by atoms with Crippen molar-refractivity contribution in [3.8, 4) is 11.1 Å². The van der Waals surface area contributed by atoms with Crippen LogP contribution < -0.4 is 5.73 Å². The Morgan fingerprint density at radius 3 is 2.36 bits per heavy atom. The van der Waals surface area contributed by atoms with Crippen LogP contribution in [0.25, 0.3) is 11.1 Å². The molecule has 1 amide bonds. The van der Waals surface area contributed by atoms with Crippen LogP contribution in [0.1, 0.15) is 24.2 Å². The minimum absolute atomic E-state index is 0.424. The van der Waals surface area contributed by atoms with E-state index < -0.39 is 16.6 Å². The zero-order valence-corrected chi connectivity index (χ0v) is 13.1. The van der Waals surface area contributed by atoms with Crippen LogP contribution in [0, 0.1) is 0 Å². The number of rotatable bonds is 5. The van der Waals surface area contributed by atoms with E-state index in [1.54, 1.807) is 56.6 Å². The molecule has 22 heavy (non-hydrogen) atoms. The second-order valence-corrected chi connectivity index (χ2v) is 6.90. The molecule has 0 spiro atoms. The van der Waals surface area contributed by atoms with Crippen LogP contribution in [0.2, 0.25) is 0 Å². The predicted molar refractivity (Wildman–Crippen MR) is 85.8 cm³/mol. The lowest BCUT2D eigenvalue weighted by atomic mass is 10.1. The number of nitrogens with two attached hydrogens (primary N) is 1. The number of carbonyl (C=O) groups is 2. The monoisotopic (exact) mass is 316 g/mol. The quantitative estimate of drug-likeness (QED) is 0.827. The van der Waals surface area contributed by atoms with Crippen molar-refractivity contribution in [3.63, 3.8) is 0 Å². The van der Waals surface area contributed by atoms with Gasteiger partial charge in [0.1, 0.15) is 4.75 Å². The molecule has 0 atom stereocenters. The van der Waals surface area contributed by atoms with Gasteiger partial charge in [0, 0.05) is 28.4 Å². The largest absolute Gasteiger partial charge is 0.480 e. The number of pyridine rings is 1. The van der Waals surface area contributed by atoms with Gasteiger partial charge in [0.05, 0.1) is 0 Å². The summed E-state index contributed by atoms with van der Waals surface area (Å²) in [5.74, 6) is -1.37. The van der Waals surface area contributed by atoms with Crippen LogP contribution in [0.15, 0.2) is 47.6 Å². The summed E-state index contributed by atoms with van der Waals surface area (Å²) in [5.41, 5.74) is 7.32. The van der Waals surface area contributed by atoms with E-state index in [-0.39, 0.29) is 0 Å². The Balaban J connectivity index is 2.40. The topological polar surface area (TPSA) is 93.3 Å². The van der Waals surface area contributed by atoms with Crippen molar-refractivity contribution in [3.05, 3.63) is 48.3 Å². The van der Waals surface area contributed by atoms with Gasteiger partial charge in [-0.1, -0.05) is 12.1 Å². The normalized spacial score (nSPS) is 11.2. The van der Waals surface area contributed by atoms with Gasteiger partial charge in [0.2, 0.25) is 5.91 Å². The van der Waals surface area contributed by atoms with Crippen LogP contribution in [0.3, 0.4) is 0 Å². The highest BCUT2D eigenvalue weighted by Crippen LogP contribution is 2.38. The summed E-state index contributed by atoms with van der Waals surface area (Å²) in [5, 5.41) is 9.27. The van der Waals surface area contributed by atoms with Gasteiger partial charge in [-0.3, -0.25) is 14.6 Å². The Labute approximate surface area is 132 Å². The number of aliphatic carboxylic acids is 1. The van der Waals surface area contributed by atoms with E-state index in [1.807, 2.05) is 0 Å². The first-order valence-electron chi connectivity index (χ1n) is 6.58. The Hall–Kier alpha value is -2.34. The van der Waals surface area contributed by atoms with Crippen LogP contribution >= 0.6 is 11.8 Å². The molecule has 3 N–H and O–H groups in total. The lowest BCUT2D eigenvalue weighted by Crippen LogP contribution is -2.27. The first-order chi connectivity index (χ1) is 10.3. The molecule has 0 unspecified atom stereocenters. The van der Waals surface area contributed by atoms with Gasteiger partial charge in [0.25, 0.3) is 0 Å². The number of primary amides is 1. The molecule has 0 saturated heterocycles. The predicted octanol–water partition coefficient (Wildman–Crippen LogP) is 2.80. The maximum absolute atomic E-state index is 11.3. The molecule has 1 aromatic carbocycles. The number of carboxylic acid groups (broad SMARTS) is 1. The van der Waals surface area contributed by atoms with E-state index in [1.165, 1.54) is 11.8 Å². The molecule has 1 aromatic heterocycles. The van der Waals surface area contributed by atoms with Crippen LogP contribution in [-0.4, -0.2) is 26.7 Å². The second kappa shape index (κ2) is 6.19. The molecule has 0 aliphatic rings. The van der Waals surface area contributed by atoms with Gasteiger partial charge in [-0.2, -0.15) is 0 Å². The second-order valence-electron chi connectivity index (χ2n) is 5.23. The van der Waals surface area contributed by atoms with Crippen LogP contribution in [0.5, 0.6) is 0 Å². The van der Waals surface area contributed by atoms with Gasteiger partial charge < -0.3 is 10.8 Å². The van der Waals surface area contributed by atoms with Gasteiger partial charge in [-0.15, -0.1) is 11.8 Å². The summed E-state index contributed by atoms with van der Waals surface area (Å²) >= 11 is 1.25. The van der Waals surface area contributed by atoms with Crippen molar-refractivity contribution < 1.29 is 14.7 Å². The van der Waals surface area contributed by atoms with Crippen molar-refractivity contribution in [2.24, 2.45) is 5.73 Å². The summed E-state index contributed by atoms with van der Waals surface area (Å²) in [6.07, 6.45) is 3.31. The number of amides is 1. The van der Waals surface area contributed by atoms with E-state index in [9.17, 15) is 14.7 Å². The average molecular weight is 316 g/mol. The summed E-state index contributed by atoms with van der Waals surface area (Å²) < 4.78 is -0.955. The summed E-state index contributed by atoms with van der Waals surface area (Å²) in [6, 6.07) is 8.61. The molecule has 2 rings (SSSR count). The summed E-state index contributed by atoms with van der Waals surface area (Å²) in [7, 11) is 0. The number of carbonyl (C=O) groups excluding carboxylic acids is 1. The summed E-state index contributed by atoms with van der Waals surface area (Å²) in [4.78, 5) is 27.3. The van der Waals surface area contributed by atoms with Crippen molar-refractivity contribution in [1.82, 2.24) is 4.98 Å². The number of aromatic nitrogens is 1. The molecule has 0 aliphatic carbocycles. The van der Waals surface area contributed by atoms with Crippen LogP contribution in [-0.2, 0) is 4.79 Å². The molecule has 1 heterocycles. The highest BCUT2D eigenvalue weighted by Gasteiger charge is 2.29. The molecule has 5 nitrogen and oxygen atoms in total. The minimum Gasteiger partial charge on any atom is -0.480 e. The smallest absolute Gasteiger partial charge is 0.319 e. The fourth-order valence-electron chi connectivity index (χ4n) is 1.82. The Morgan fingerprint density at radius 2 is 1.82 bits per heavy atom. The Morgan fingerprint density at radius 1 is 1.18 bits per heavy atom. The first kappa shape index (κ1) is 16.0. The maximum Gasteiger partial charge on any atom is 0.319 e. The molecular weight excluding hydrogens is 300 g/mol. The number of thioether (sulfide) groups is 1. The molecule has 0 bridgehead atoms. The average Bonchev–Trinajstić information content (AvgIpc) is 2.47. The minimum atomic E-state index is -0.955. The first-order valence-corrected chi connectivity index (χ1v) is 7.39. The SMILES string of the molecule is CC(C)(Sc1ccncc1-c1ccc(C(N)=O)cc1)C(=O)O. The molecule has 114 valence electrons.